The highest BCUT2D eigenvalue weighted by Crippen LogP contribution is 2.34. The number of fused-ring (bicyclic) bond motifs is 1. The molecule has 1 unspecified atom stereocenters. The number of nitrogens with zero attached hydrogens (tertiary/aromatic N) is 1. The lowest BCUT2D eigenvalue weighted by molar-refractivity contribution is -0.126. The van der Waals surface area contributed by atoms with Crippen LogP contribution in [0.2, 0.25) is 0 Å². The Balaban J connectivity index is 1.45. The maximum atomic E-state index is 13.0. The van der Waals surface area contributed by atoms with Crippen molar-refractivity contribution in [2.45, 2.75) is 17.4 Å². The zero-order valence-electron chi connectivity index (χ0n) is 17.4. The van der Waals surface area contributed by atoms with Gasteiger partial charge in [0.1, 0.15) is 6.04 Å². The Bertz CT molecular complexity index is 1110. The second-order valence-electron chi connectivity index (χ2n) is 7.32. The third kappa shape index (κ3) is 5.18. The Hall–Kier alpha value is -3.58. The first-order chi connectivity index (χ1) is 15.6. The molecule has 4 rings (SSSR count). The van der Waals surface area contributed by atoms with Crippen molar-refractivity contribution in [1.29, 1.82) is 0 Å². The smallest absolute Gasteiger partial charge is 0.251 e. The van der Waals surface area contributed by atoms with E-state index in [0.717, 1.165) is 10.6 Å². The molecular formula is C25H23N3O3S. The molecule has 0 saturated carbocycles. The van der Waals surface area contributed by atoms with Gasteiger partial charge in [-0.3, -0.25) is 14.4 Å². The van der Waals surface area contributed by atoms with Crippen molar-refractivity contribution in [3.8, 4) is 0 Å². The van der Waals surface area contributed by atoms with Gasteiger partial charge in [0, 0.05) is 23.5 Å². The largest absolute Gasteiger partial charge is 0.340 e. The minimum absolute atomic E-state index is 0.0251. The van der Waals surface area contributed by atoms with Crippen LogP contribution in [0.3, 0.4) is 0 Å². The van der Waals surface area contributed by atoms with Crippen molar-refractivity contribution in [3.63, 3.8) is 0 Å². The molecule has 3 amide bonds. The van der Waals surface area contributed by atoms with E-state index in [-0.39, 0.29) is 30.7 Å². The monoisotopic (exact) mass is 445 g/mol. The lowest BCUT2D eigenvalue weighted by Gasteiger charge is -2.29. The maximum Gasteiger partial charge on any atom is 0.251 e. The van der Waals surface area contributed by atoms with E-state index in [1.165, 1.54) is 11.8 Å². The topological polar surface area (TPSA) is 78.5 Å². The minimum atomic E-state index is -0.844. The molecule has 1 heterocycles. The number of carbonyl (C=O) groups excluding carboxylic acids is 3. The van der Waals surface area contributed by atoms with Crippen molar-refractivity contribution in [2.24, 2.45) is 0 Å². The first kappa shape index (κ1) is 21.6. The van der Waals surface area contributed by atoms with Gasteiger partial charge in [-0.2, -0.15) is 0 Å². The molecule has 32 heavy (non-hydrogen) atoms. The summed E-state index contributed by atoms with van der Waals surface area (Å²) in [5.74, 6) is -0.301. The van der Waals surface area contributed by atoms with Crippen LogP contribution in [0.15, 0.2) is 89.8 Å². The van der Waals surface area contributed by atoms with Gasteiger partial charge in [0.15, 0.2) is 0 Å². The van der Waals surface area contributed by atoms with Gasteiger partial charge in [-0.05, 0) is 29.8 Å². The molecule has 1 aliphatic heterocycles. The van der Waals surface area contributed by atoms with Gasteiger partial charge in [-0.1, -0.05) is 60.7 Å². The van der Waals surface area contributed by atoms with Crippen LogP contribution in [0.4, 0.5) is 11.4 Å². The summed E-state index contributed by atoms with van der Waals surface area (Å²) in [4.78, 5) is 40.9. The van der Waals surface area contributed by atoms with E-state index < -0.39 is 6.04 Å². The highest BCUT2D eigenvalue weighted by atomic mass is 32.2. The number of benzene rings is 3. The van der Waals surface area contributed by atoms with E-state index in [1.54, 1.807) is 29.2 Å². The van der Waals surface area contributed by atoms with Gasteiger partial charge in [-0.25, -0.2) is 0 Å². The van der Waals surface area contributed by atoms with Crippen molar-refractivity contribution < 1.29 is 14.4 Å². The lowest BCUT2D eigenvalue weighted by Crippen LogP contribution is -2.41. The predicted octanol–water partition coefficient (Wildman–Crippen LogP) is 4.01. The molecule has 7 heteroatoms. The molecule has 0 saturated heterocycles. The number of hydrogen-bond acceptors (Lipinski definition) is 4. The van der Waals surface area contributed by atoms with E-state index in [2.05, 4.69) is 10.6 Å². The van der Waals surface area contributed by atoms with Crippen LogP contribution in [-0.4, -0.2) is 30.0 Å². The molecule has 0 aromatic heterocycles. The molecule has 2 N–H and O–H groups in total. The van der Waals surface area contributed by atoms with Crippen LogP contribution < -0.4 is 15.5 Å². The van der Waals surface area contributed by atoms with Crippen molar-refractivity contribution in [3.05, 3.63) is 90.5 Å². The van der Waals surface area contributed by atoms with Gasteiger partial charge in [0.2, 0.25) is 11.8 Å². The average molecular weight is 446 g/mol. The van der Waals surface area contributed by atoms with Crippen LogP contribution in [0.5, 0.6) is 0 Å². The van der Waals surface area contributed by atoms with E-state index in [9.17, 15) is 14.4 Å². The van der Waals surface area contributed by atoms with Gasteiger partial charge >= 0.3 is 0 Å². The molecule has 0 spiro atoms. The van der Waals surface area contributed by atoms with Crippen molar-refractivity contribution in [2.75, 3.05) is 22.5 Å². The fourth-order valence-electron chi connectivity index (χ4n) is 3.53. The highest BCUT2D eigenvalue weighted by molar-refractivity contribution is 8.00. The van der Waals surface area contributed by atoms with Crippen molar-refractivity contribution >= 4 is 40.9 Å². The number of amides is 3. The zero-order chi connectivity index (χ0) is 22.3. The van der Waals surface area contributed by atoms with E-state index >= 15 is 0 Å². The molecule has 162 valence electrons. The molecule has 3 aromatic rings. The molecule has 0 aliphatic carbocycles. The van der Waals surface area contributed by atoms with Crippen LogP contribution in [-0.2, 0) is 14.4 Å². The van der Waals surface area contributed by atoms with Gasteiger partial charge in [0.05, 0.1) is 11.4 Å². The van der Waals surface area contributed by atoms with Crippen LogP contribution >= 0.6 is 11.8 Å². The number of rotatable bonds is 7. The Morgan fingerprint density at radius 3 is 2.31 bits per heavy atom. The Labute approximate surface area is 191 Å². The van der Waals surface area contributed by atoms with Crippen molar-refractivity contribution in [1.82, 2.24) is 5.32 Å². The van der Waals surface area contributed by atoms with Gasteiger partial charge < -0.3 is 15.5 Å². The second kappa shape index (κ2) is 10.2. The fraction of sp³-hybridized carbons (Fsp3) is 0.160. The summed E-state index contributed by atoms with van der Waals surface area (Å²) in [5.41, 5.74) is 2.16. The Morgan fingerprint density at radius 2 is 1.56 bits per heavy atom. The Kier molecular flexibility index (Phi) is 6.87. The number of para-hydroxylation sites is 2. The van der Waals surface area contributed by atoms with Gasteiger partial charge in [0.25, 0.3) is 5.91 Å². The molecule has 6 nitrogen and oxygen atoms in total. The standard InChI is InChI=1S/C25H23N3O3S/c29-22(15-16-28-20-13-7-8-14-21(20)32-17-23(28)30)27-24(18-9-3-1-4-10-18)25(31)26-19-11-5-2-6-12-19/h1-14,24H,15-17H2,(H,26,31)(H,27,29). The summed E-state index contributed by atoms with van der Waals surface area (Å²) in [5, 5.41) is 5.69. The third-order valence-electron chi connectivity index (χ3n) is 5.11. The molecule has 1 aliphatic rings. The number of nitrogens with one attached hydrogen (secondary N) is 2. The molecule has 1 atom stereocenters. The number of carbonyl (C=O) groups is 3. The van der Waals surface area contributed by atoms with E-state index in [1.807, 2.05) is 60.7 Å². The molecule has 0 fully saturated rings. The molecule has 0 bridgehead atoms. The Morgan fingerprint density at radius 1 is 0.906 bits per heavy atom. The normalized spacial score (nSPS) is 13.8. The summed E-state index contributed by atoms with van der Waals surface area (Å²) < 4.78 is 0. The summed E-state index contributed by atoms with van der Waals surface area (Å²) in [6.45, 7) is 0.254. The summed E-state index contributed by atoms with van der Waals surface area (Å²) in [6, 6.07) is 25.0. The fourth-order valence-corrected chi connectivity index (χ4v) is 4.46. The molecule has 0 radical (unpaired) electrons. The SMILES string of the molecule is O=C(CCN1C(=O)CSc2ccccc21)NC(C(=O)Nc1ccccc1)c1ccccc1. The zero-order valence-corrected chi connectivity index (χ0v) is 18.2. The van der Waals surface area contributed by atoms with Crippen LogP contribution in [0.1, 0.15) is 18.0 Å². The van der Waals surface area contributed by atoms with Crippen LogP contribution in [0.25, 0.3) is 0 Å². The summed E-state index contributed by atoms with van der Waals surface area (Å²) >= 11 is 1.50. The van der Waals surface area contributed by atoms with Gasteiger partial charge in [-0.15, -0.1) is 11.8 Å². The maximum absolute atomic E-state index is 13.0. The molecule has 3 aromatic carbocycles. The first-order valence-corrected chi connectivity index (χ1v) is 11.3. The first-order valence-electron chi connectivity index (χ1n) is 10.3. The quantitative estimate of drug-likeness (QED) is 0.576. The number of anilines is 2. The molecular weight excluding hydrogens is 422 g/mol. The second-order valence-corrected chi connectivity index (χ2v) is 8.34. The van der Waals surface area contributed by atoms with E-state index in [0.29, 0.717) is 17.0 Å². The highest BCUT2D eigenvalue weighted by Gasteiger charge is 2.26. The van der Waals surface area contributed by atoms with E-state index in [4.69, 9.17) is 0 Å². The number of hydrogen-bond donors (Lipinski definition) is 2. The lowest BCUT2D eigenvalue weighted by atomic mass is 10.1. The van der Waals surface area contributed by atoms with Crippen LogP contribution in [0, 0.1) is 0 Å². The average Bonchev–Trinajstić information content (AvgIpc) is 2.83. The summed E-state index contributed by atoms with van der Waals surface area (Å²) in [6.07, 6.45) is 0.0900. The predicted molar refractivity (Wildman–Crippen MR) is 127 cm³/mol. The number of thioether (sulfide) groups is 1. The third-order valence-corrected chi connectivity index (χ3v) is 6.16. The minimum Gasteiger partial charge on any atom is -0.340 e. The summed E-state index contributed by atoms with van der Waals surface area (Å²) in [7, 11) is 0.